The lowest BCUT2D eigenvalue weighted by molar-refractivity contribution is 0.725. The van der Waals surface area contributed by atoms with Gasteiger partial charge in [-0.15, -0.1) is 0 Å². The molecule has 2 aliphatic rings. The molecule has 3 nitrogen and oxygen atoms in total. The predicted molar refractivity (Wildman–Crippen MR) is 256 cm³/mol. The summed E-state index contributed by atoms with van der Waals surface area (Å²) in [6.45, 7) is 2.30. The maximum atomic E-state index is 5.48. The molecule has 0 N–H and O–H groups in total. The smallest absolute Gasteiger partial charge is 0.160 e. The Bertz CT molecular complexity index is 3170. The topological polar surface area (TPSA) is 29.6 Å². The number of aryl methyl sites for hydroxylation is 1. The first-order valence-electron chi connectivity index (χ1n) is 21.6. The van der Waals surface area contributed by atoms with Gasteiger partial charge in [-0.2, -0.15) is 0 Å². The molecule has 8 aromatic carbocycles. The van der Waals surface area contributed by atoms with Gasteiger partial charge in [-0.25, -0.2) is 9.98 Å². The maximum absolute atomic E-state index is 5.48. The molecule has 3 heteroatoms. The van der Waals surface area contributed by atoms with Crippen LogP contribution in [0, 0.1) is 5.92 Å². The molecule has 0 bridgehead atoms. The van der Waals surface area contributed by atoms with Crippen molar-refractivity contribution < 1.29 is 0 Å². The Morgan fingerprint density at radius 1 is 0.525 bits per heavy atom. The molecule has 2 heterocycles. The second-order valence-electron chi connectivity index (χ2n) is 16.5. The molecule has 61 heavy (non-hydrogen) atoms. The summed E-state index contributed by atoms with van der Waals surface area (Å²) >= 11 is 0. The molecular formula is C58H45N3. The highest BCUT2D eigenvalue weighted by molar-refractivity contribution is 6.16. The van der Waals surface area contributed by atoms with Crippen LogP contribution in [0.25, 0.3) is 55.4 Å². The predicted octanol–water partition coefficient (Wildman–Crippen LogP) is 14.5. The molecule has 2 atom stereocenters. The number of para-hydroxylation sites is 1. The van der Waals surface area contributed by atoms with Gasteiger partial charge in [0.2, 0.25) is 0 Å². The number of fused-ring (bicyclic) bond motifs is 7. The minimum atomic E-state index is 0.171. The van der Waals surface area contributed by atoms with Crippen LogP contribution in [0.3, 0.4) is 0 Å². The van der Waals surface area contributed by atoms with Crippen molar-refractivity contribution in [2.75, 3.05) is 0 Å². The molecule has 0 saturated carbocycles. The lowest BCUT2D eigenvalue weighted by Crippen LogP contribution is -2.17. The summed E-state index contributed by atoms with van der Waals surface area (Å²) in [5.41, 5.74) is 18.1. The van der Waals surface area contributed by atoms with Crippen LogP contribution in [-0.4, -0.2) is 16.1 Å². The highest BCUT2D eigenvalue weighted by Gasteiger charge is 2.29. The van der Waals surface area contributed by atoms with E-state index in [0.717, 1.165) is 58.9 Å². The molecule has 1 aromatic heterocycles. The number of aliphatic imine (C=N–C) groups is 2. The number of benzene rings is 8. The zero-order chi connectivity index (χ0) is 40.7. The van der Waals surface area contributed by atoms with Gasteiger partial charge in [-0.05, 0) is 88.0 Å². The number of aromatic nitrogens is 1. The molecule has 0 amide bonds. The average Bonchev–Trinajstić information content (AvgIpc) is 3.56. The second kappa shape index (κ2) is 15.7. The largest absolute Gasteiger partial charge is 0.309 e. The second-order valence-corrected chi connectivity index (χ2v) is 16.5. The number of allylic oxidation sites excluding steroid dienone is 1. The van der Waals surface area contributed by atoms with Gasteiger partial charge in [0, 0.05) is 39.4 Å². The van der Waals surface area contributed by atoms with Gasteiger partial charge in [-0.3, -0.25) is 0 Å². The van der Waals surface area contributed by atoms with Crippen LogP contribution in [0.2, 0.25) is 0 Å². The van der Waals surface area contributed by atoms with E-state index in [4.69, 9.17) is 9.98 Å². The summed E-state index contributed by atoms with van der Waals surface area (Å²) < 4.78 is 2.53. The van der Waals surface area contributed by atoms with Crippen LogP contribution in [-0.2, 0) is 6.42 Å². The summed E-state index contributed by atoms with van der Waals surface area (Å²) in [6, 6.07) is 72.7. The third-order valence-corrected chi connectivity index (χ3v) is 12.7. The van der Waals surface area contributed by atoms with Gasteiger partial charge >= 0.3 is 0 Å². The molecule has 2 unspecified atom stereocenters. The number of rotatable bonds is 6. The lowest BCUT2D eigenvalue weighted by atomic mass is 9.83. The van der Waals surface area contributed by atoms with Crippen LogP contribution in [0.4, 0.5) is 0 Å². The van der Waals surface area contributed by atoms with Crippen molar-refractivity contribution in [1.29, 1.82) is 0 Å². The first kappa shape index (κ1) is 36.7. The molecule has 0 fully saturated rings. The SMILES string of the molecule is CC1C/C=C(c2ccccc2)/N=C(c2ccccc2)\N=C/1c1cccc(C2CCc3ccccc3-c3c2ccc2c4ccccc4n(-c4cccc(-c5ccccc5)c4)c32)c1. The van der Waals surface area contributed by atoms with E-state index in [-0.39, 0.29) is 11.8 Å². The molecule has 1 aliphatic heterocycles. The Morgan fingerprint density at radius 3 is 2.02 bits per heavy atom. The van der Waals surface area contributed by atoms with Gasteiger partial charge in [0.25, 0.3) is 0 Å². The molecule has 1 aliphatic carbocycles. The van der Waals surface area contributed by atoms with Crippen molar-refractivity contribution in [3.63, 3.8) is 0 Å². The van der Waals surface area contributed by atoms with Gasteiger partial charge in [-0.1, -0.05) is 189 Å². The van der Waals surface area contributed by atoms with Crippen molar-refractivity contribution >= 4 is 39.1 Å². The van der Waals surface area contributed by atoms with E-state index < -0.39 is 0 Å². The summed E-state index contributed by atoms with van der Waals surface area (Å²) in [6.07, 6.45) is 5.12. The Balaban J connectivity index is 1.09. The van der Waals surface area contributed by atoms with E-state index in [9.17, 15) is 0 Å². The number of nitrogens with zero attached hydrogens (tertiary/aromatic N) is 3. The Kier molecular flexibility index (Phi) is 9.43. The summed E-state index contributed by atoms with van der Waals surface area (Å²) in [7, 11) is 0. The van der Waals surface area contributed by atoms with Crippen molar-refractivity contribution in [2.45, 2.75) is 32.1 Å². The van der Waals surface area contributed by atoms with Crippen LogP contribution < -0.4 is 0 Å². The van der Waals surface area contributed by atoms with E-state index in [1.165, 1.54) is 60.8 Å². The summed E-state index contributed by atoms with van der Waals surface area (Å²) in [5.74, 6) is 1.09. The number of hydrogen-bond donors (Lipinski definition) is 0. The van der Waals surface area contributed by atoms with E-state index in [0.29, 0.717) is 0 Å². The summed E-state index contributed by atoms with van der Waals surface area (Å²) in [5, 5.41) is 2.54. The minimum absolute atomic E-state index is 0.171. The van der Waals surface area contributed by atoms with Gasteiger partial charge in [0.1, 0.15) is 0 Å². The zero-order valence-electron chi connectivity index (χ0n) is 34.2. The maximum Gasteiger partial charge on any atom is 0.160 e. The summed E-state index contributed by atoms with van der Waals surface area (Å²) in [4.78, 5) is 10.7. The Labute approximate surface area is 357 Å². The van der Waals surface area contributed by atoms with Crippen molar-refractivity contribution in [1.82, 2.24) is 4.57 Å². The molecule has 0 spiro atoms. The third-order valence-electron chi connectivity index (χ3n) is 12.7. The monoisotopic (exact) mass is 783 g/mol. The fourth-order valence-electron chi connectivity index (χ4n) is 9.73. The molecular weight excluding hydrogens is 739 g/mol. The minimum Gasteiger partial charge on any atom is -0.309 e. The van der Waals surface area contributed by atoms with Gasteiger partial charge in [0.05, 0.1) is 22.4 Å². The van der Waals surface area contributed by atoms with Gasteiger partial charge in [0.15, 0.2) is 5.84 Å². The highest BCUT2D eigenvalue weighted by Crippen LogP contribution is 2.48. The lowest BCUT2D eigenvalue weighted by Gasteiger charge is -2.23. The van der Waals surface area contributed by atoms with Crippen molar-refractivity contribution in [3.05, 3.63) is 240 Å². The van der Waals surface area contributed by atoms with E-state index in [1.54, 1.807) is 0 Å². The number of hydrogen-bond acceptors (Lipinski definition) is 2. The standard InChI is InChI=1S/C58H45N3/c1-39-31-36-53(42-20-7-3-8-21-42)59-58(43-22-9-4-10-23-43)60-56(39)46-26-15-25-45(37-46)48-33-32-41-19-11-12-28-49(41)55-51(48)34-35-52-50-29-13-14-30-54(50)61(57(52)55)47-27-16-24-44(38-47)40-17-5-2-6-18-40/h2-30,34-39,48H,31-33H2,1H3/b53-36+,59-58-,60-56+. The fourth-order valence-corrected chi connectivity index (χ4v) is 9.73. The quantitative estimate of drug-likeness (QED) is 0.161. The average molecular weight is 784 g/mol. The molecule has 11 rings (SSSR count). The Morgan fingerprint density at radius 2 is 1.20 bits per heavy atom. The van der Waals surface area contributed by atoms with Gasteiger partial charge < -0.3 is 4.57 Å². The van der Waals surface area contributed by atoms with Crippen LogP contribution in [0.1, 0.15) is 59.1 Å². The first-order chi connectivity index (χ1) is 30.2. The van der Waals surface area contributed by atoms with E-state index in [2.05, 4.69) is 218 Å². The first-order valence-corrected chi connectivity index (χ1v) is 21.6. The fraction of sp³-hybridized carbons (Fsp3) is 0.103. The normalized spacial score (nSPS) is 18.9. The number of amidine groups is 1. The van der Waals surface area contributed by atoms with Crippen molar-refractivity contribution in [3.8, 4) is 27.9 Å². The molecule has 0 radical (unpaired) electrons. The Hall–Kier alpha value is -7.36. The van der Waals surface area contributed by atoms with Crippen LogP contribution in [0.15, 0.2) is 216 Å². The van der Waals surface area contributed by atoms with E-state index >= 15 is 0 Å². The van der Waals surface area contributed by atoms with Crippen LogP contribution >= 0.6 is 0 Å². The van der Waals surface area contributed by atoms with Crippen molar-refractivity contribution in [2.24, 2.45) is 15.9 Å². The molecule has 0 saturated heterocycles. The van der Waals surface area contributed by atoms with Crippen LogP contribution in [0.5, 0.6) is 0 Å². The molecule has 9 aromatic rings. The zero-order valence-corrected chi connectivity index (χ0v) is 34.2. The van der Waals surface area contributed by atoms with E-state index in [1.807, 2.05) is 0 Å². The highest BCUT2D eigenvalue weighted by atomic mass is 15.0. The third kappa shape index (κ3) is 6.73. The molecule has 292 valence electrons.